The Bertz CT molecular complexity index is 566. The second kappa shape index (κ2) is 7.10. The molecule has 0 unspecified atom stereocenters. The minimum atomic E-state index is -0.335. The zero-order chi connectivity index (χ0) is 16.2. The summed E-state index contributed by atoms with van der Waals surface area (Å²) >= 11 is 0. The Morgan fingerprint density at radius 1 is 1.30 bits per heavy atom. The molecule has 6 nitrogen and oxygen atoms in total. The smallest absolute Gasteiger partial charge is 0.292 e. The molecule has 0 saturated carbocycles. The first-order chi connectivity index (χ1) is 11.2. The van der Waals surface area contributed by atoms with Crippen LogP contribution in [0.3, 0.4) is 0 Å². The van der Waals surface area contributed by atoms with Crippen molar-refractivity contribution in [3.63, 3.8) is 0 Å². The van der Waals surface area contributed by atoms with Crippen LogP contribution < -0.4 is 15.0 Å². The summed E-state index contributed by atoms with van der Waals surface area (Å²) in [6.45, 7) is 4.03. The Kier molecular flexibility index (Phi) is 4.93. The molecule has 6 heteroatoms. The number of hydrogen-bond donors (Lipinski definition) is 1. The molecule has 0 radical (unpaired) electrons. The molecule has 2 saturated heterocycles. The average Bonchev–Trinajstić information content (AvgIpc) is 3.15. The molecular formula is C17H23N2O4+. The van der Waals surface area contributed by atoms with Gasteiger partial charge in [-0.05, 0) is 44.0 Å². The van der Waals surface area contributed by atoms with Gasteiger partial charge in [0.25, 0.3) is 5.91 Å². The zero-order valence-corrected chi connectivity index (χ0v) is 13.4. The second-order valence-corrected chi connectivity index (χ2v) is 5.91. The van der Waals surface area contributed by atoms with Gasteiger partial charge in [0.1, 0.15) is 18.4 Å². The van der Waals surface area contributed by atoms with Crippen molar-refractivity contribution in [1.29, 1.82) is 0 Å². The highest BCUT2D eigenvalue weighted by atomic mass is 16.5. The molecule has 3 rings (SSSR count). The van der Waals surface area contributed by atoms with Crippen LogP contribution in [0.5, 0.6) is 5.75 Å². The van der Waals surface area contributed by atoms with Gasteiger partial charge >= 0.3 is 0 Å². The summed E-state index contributed by atoms with van der Waals surface area (Å²) in [6, 6.07) is 6.73. The number of hydrogen-bond acceptors (Lipinski definition) is 4. The summed E-state index contributed by atoms with van der Waals surface area (Å²) in [7, 11) is 0. The van der Waals surface area contributed by atoms with Crippen molar-refractivity contribution in [1.82, 2.24) is 0 Å². The SMILES string of the molecule is CCOc1ccc(N2C(=O)C[C@H]([NH2+]C[C@@H]3CCCO3)C2=O)cc1. The van der Waals surface area contributed by atoms with Gasteiger partial charge in [0.2, 0.25) is 5.91 Å². The highest BCUT2D eigenvalue weighted by Gasteiger charge is 2.42. The van der Waals surface area contributed by atoms with Gasteiger partial charge in [0, 0.05) is 6.61 Å². The van der Waals surface area contributed by atoms with Gasteiger partial charge in [-0.25, -0.2) is 4.90 Å². The largest absolute Gasteiger partial charge is 0.494 e. The summed E-state index contributed by atoms with van der Waals surface area (Å²) < 4.78 is 11.0. The average molecular weight is 319 g/mol. The number of rotatable bonds is 6. The number of quaternary nitrogens is 1. The third-order valence-electron chi connectivity index (χ3n) is 4.29. The number of nitrogens with zero attached hydrogens (tertiary/aromatic N) is 1. The van der Waals surface area contributed by atoms with E-state index in [1.54, 1.807) is 24.3 Å². The Balaban J connectivity index is 1.63. The maximum Gasteiger partial charge on any atom is 0.292 e. The molecule has 0 bridgehead atoms. The molecule has 2 fully saturated rings. The normalized spacial score (nSPS) is 24.5. The van der Waals surface area contributed by atoms with Gasteiger partial charge in [-0.2, -0.15) is 0 Å². The monoisotopic (exact) mass is 319 g/mol. The summed E-state index contributed by atoms with van der Waals surface area (Å²) in [5.74, 6) is 0.446. The van der Waals surface area contributed by atoms with Gasteiger partial charge in [-0.15, -0.1) is 0 Å². The number of anilines is 1. The van der Waals surface area contributed by atoms with Crippen LogP contribution in [0.4, 0.5) is 5.69 Å². The number of carbonyl (C=O) groups is 2. The molecule has 0 aliphatic carbocycles. The molecule has 2 aliphatic rings. The van der Waals surface area contributed by atoms with Crippen molar-refractivity contribution in [2.75, 3.05) is 24.7 Å². The number of carbonyl (C=O) groups excluding carboxylic acids is 2. The lowest BCUT2D eigenvalue weighted by Gasteiger charge is -2.15. The molecule has 2 atom stereocenters. The second-order valence-electron chi connectivity index (χ2n) is 5.91. The summed E-state index contributed by atoms with van der Waals surface area (Å²) in [6.07, 6.45) is 2.57. The summed E-state index contributed by atoms with van der Waals surface area (Å²) in [5, 5.41) is 1.95. The Hall–Kier alpha value is -1.92. The van der Waals surface area contributed by atoms with Crippen molar-refractivity contribution in [2.24, 2.45) is 0 Å². The number of nitrogens with two attached hydrogens (primary N) is 1. The lowest BCUT2D eigenvalue weighted by molar-refractivity contribution is -0.680. The third-order valence-corrected chi connectivity index (χ3v) is 4.29. The van der Waals surface area contributed by atoms with E-state index in [2.05, 4.69) is 0 Å². The topological polar surface area (TPSA) is 72.4 Å². The molecule has 1 aromatic rings. The maximum atomic E-state index is 12.5. The van der Waals surface area contributed by atoms with E-state index in [0.29, 0.717) is 12.3 Å². The number of imide groups is 1. The number of ether oxygens (including phenoxy) is 2. The lowest BCUT2D eigenvalue weighted by Crippen LogP contribution is -2.93. The van der Waals surface area contributed by atoms with Crippen LogP contribution in [-0.4, -0.2) is 43.7 Å². The molecule has 2 N–H and O–H groups in total. The van der Waals surface area contributed by atoms with Crippen molar-refractivity contribution in [3.8, 4) is 5.75 Å². The number of amides is 2. The van der Waals surface area contributed by atoms with Crippen LogP contribution in [0.2, 0.25) is 0 Å². The molecule has 2 heterocycles. The fraction of sp³-hybridized carbons (Fsp3) is 0.529. The molecular weight excluding hydrogens is 296 g/mol. The van der Waals surface area contributed by atoms with E-state index in [9.17, 15) is 9.59 Å². The van der Waals surface area contributed by atoms with E-state index in [0.717, 1.165) is 31.7 Å². The van der Waals surface area contributed by atoms with E-state index in [4.69, 9.17) is 9.47 Å². The predicted octanol–water partition coefficient (Wildman–Crippen LogP) is 0.460. The molecule has 1 aromatic carbocycles. The standard InChI is InChI=1S/C17H22N2O4/c1-2-22-13-7-5-12(6-8-13)19-16(20)10-15(17(19)21)18-11-14-4-3-9-23-14/h5-8,14-15,18H,2-4,9-11H2,1H3/p+1/t14-,15-/m0/s1. The highest BCUT2D eigenvalue weighted by molar-refractivity contribution is 6.21. The summed E-state index contributed by atoms with van der Waals surface area (Å²) in [5.41, 5.74) is 0.608. The maximum absolute atomic E-state index is 12.5. The van der Waals surface area contributed by atoms with Crippen molar-refractivity contribution in [3.05, 3.63) is 24.3 Å². The van der Waals surface area contributed by atoms with E-state index >= 15 is 0 Å². The highest BCUT2D eigenvalue weighted by Crippen LogP contribution is 2.24. The van der Waals surface area contributed by atoms with E-state index in [1.165, 1.54) is 4.90 Å². The number of benzene rings is 1. The van der Waals surface area contributed by atoms with E-state index < -0.39 is 0 Å². The predicted molar refractivity (Wildman–Crippen MR) is 84.3 cm³/mol. The molecule has 0 aromatic heterocycles. The first-order valence-electron chi connectivity index (χ1n) is 8.23. The van der Waals surface area contributed by atoms with Gasteiger partial charge in [-0.1, -0.05) is 0 Å². The van der Waals surface area contributed by atoms with E-state index in [1.807, 2.05) is 12.2 Å². The minimum absolute atomic E-state index is 0.142. The quantitative estimate of drug-likeness (QED) is 0.773. The Morgan fingerprint density at radius 3 is 2.74 bits per heavy atom. The molecule has 124 valence electrons. The van der Waals surface area contributed by atoms with Crippen molar-refractivity contribution in [2.45, 2.75) is 38.3 Å². The van der Waals surface area contributed by atoms with Crippen molar-refractivity contribution >= 4 is 17.5 Å². The van der Waals surface area contributed by atoms with E-state index in [-0.39, 0.29) is 30.4 Å². The molecule has 0 spiro atoms. The van der Waals surface area contributed by atoms with Crippen LogP contribution in [0.25, 0.3) is 0 Å². The van der Waals surface area contributed by atoms with Crippen LogP contribution in [-0.2, 0) is 14.3 Å². The van der Waals surface area contributed by atoms with Crippen molar-refractivity contribution < 1.29 is 24.4 Å². The first-order valence-corrected chi connectivity index (χ1v) is 8.23. The van der Waals surface area contributed by atoms with Gasteiger partial charge in [0.05, 0.1) is 18.7 Å². The first kappa shape index (κ1) is 16.0. The van der Waals surface area contributed by atoms with Gasteiger partial charge in [-0.3, -0.25) is 9.59 Å². The van der Waals surface area contributed by atoms with Gasteiger partial charge in [0.15, 0.2) is 6.04 Å². The van der Waals surface area contributed by atoms with Gasteiger partial charge < -0.3 is 14.8 Å². The van der Waals surface area contributed by atoms with Crippen LogP contribution in [0.15, 0.2) is 24.3 Å². The molecule has 2 amide bonds. The lowest BCUT2D eigenvalue weighted by atomic mass is 10.2. The molecule has 2 aliphatic heterocycles. The Morgan fingerprint density at radius 2 is 2.09 bits per heavy atom. The minimum Gasteiger partial charge on any atom is -0.494 e. The summed E-state index contributed by atoms with van der Waals surface area (Å²) in [4.78, 5) is 26.0. The van der Waals surface area contributed by atoms with Crippen LogP contribution >= 0.6 is 0 Å². The Labute approximate surface area is 135 Å². The fourth-order valence-corrected chi connectivity index (χ4v) is 3.12. The van der Waals surface area contributed by atoms with Crippen LogP contribution in [0.1, 0.15) is 26.2 Å². The zero-order valence-electron chi connectivity index (χ0n) is 13.4. The van der Waals surface area contributed by atoms with Crippen LogP contribution in [0, 0.1) is 0 Å². The fourth-order valence-electron chi connectivity index (χ4n) is 3.12. The third kappa shape index (κ3) is 3.54. The molecule has 23 heavy (non-hydrogen) atoms.